The Hall–Kier alpha value is -3.06. The van der Waals surface area contributed by atoms with E-state index in [2.05, 4.69) is 10.2 Å². The predicted molar refractivity (Wildman–Crippen MR) is 163 cm³/mol. The predicted octanol–water partition coefficient (Wildman–Crippen LogP) is 6.49. The van der Waals surface area contributed by atoms with Crippen LogP contribution in [0.2, 0.25) is 10.0 Å². The van der Waals surface area contributed by atoms with Gasteiger partial charge in [0.1, 0.15) is 6.61 Å². The van der Waals surface area contributed by atoms with Crippen molar-refractivity contribution in [3.8, 4) is 0 Å². The van der Waals surface area contributed by atoms with Crippen LogP contribution in [0.4, 0.5) is 4.79 Å². The summed E-state index contributed by atoms with van der Waals surface area (Å²) in [7, 11) is 0. The summed E-state index contributed by atoms with van der Waals surface area (Å²) >= 11 is 12.7. The van der Waals surface area contributed by atoms with Gasteiger partial charge in [-0.15, -0.1) is 0 Å². The standard InChI is InChI=1S/C33H37Cl2N3O3/c34-29-13-12-27(21-30(29)35)33(23-38(32(40)41-24-33)22-26-10-5-2-6-11-26)16-7-17-37-18-14-28(15-19-37)36-31(39)20-25-8-3-1-4-9-25/h1-6,8-13,21,28H,7,14-20,22-24H2,(H,36,39). The minimum absolute atomic E-state index is 0.0881. The molecule has 41 heavy (non-hydrogen) atoms. The highest BCUT2D eigenvalue weighted by molar-refractivity contribution is 6.42. The second-order valence-corrected chi connectivity index (χ2v) is 12.1. The summed E-state index contributed by atoms with van der Waals surface area (Å²) in [6.07, 6.45) is 3.81. The molecule has 5 rings (SSSR count). The van der Waals surface area contributed by atoms with E-state index >= 15 is 0 Å². The van der Waals surface area contributed by atoms with Crippen LogP contribution in [-0.2, 0) is 27.9 Å². The van der Waals surface area contributed by atoms with E-state index in [9.17, 15) is 9.59 Å². The molecule has 1 N–H and O–H groups in total. The summed E-state index contributed by atoms with van der Waals surface area (Å²) in [6, 6.07) is 25.8. The molecule has 0 bridgehead atoms. The number of likely N-dealkylation sites (tertiary alicyclic amines) is 1. The molecular weight excluding hydrogens is 557 g/mol. The Labute approximate surface area is 252 Å². The topological polar surface area (TPSA) is 61.9 Å². The maximum atomic E-state index is 12.8. The quantitative estimate of drug-likeness (QED) is 0.292. The lowest BCUT2D eigenvalue weighted by atomic mass is 9.76. The van der Waals surface area contributed by atoms with Crippen LogP contribution in [0.15, 0.2) is 78.9 Å². The van der Waals surface area contributed by atoms with Gasteiger partial charge in [-0.25, -0.2) is 4.79 Å². The van der Waals surface area contributed by atoms with E-state index in [4.69, 9.17) is 27.9 Å². The molecule has 3 aromatic carbocycles. The number of cyclic esters (lactones) is 1. The number of halogens is 2. The van der Waals surface area contributed by atoms with Crippen molar-refractivity contribution >= 4 is 35.2 Å². The fourth-order valence-corrected chi connectivity index (χ4v) is 6.29. The highest BCUT2D eigenvalue weighted by atomic mass is 35.5. The molecule has 2 amide bonds. The minimum atomic E-state index is -0.388. The lowest BCUT2D eigenvalue weighted by Gasteiger charge is -2.43. The zero-order chi connectivity index (χ0) is 28.7. The fraction of sp³-hybridized carbons (Fsp3) is 0.394. The van der Waals surface area contributed by atoms with Gasteiger partial charge in [-0.1, -0.05) is 89.9 Å². The van der Waals surface area contributed by atoms with Gasteiger partial charge in [-0.2, -0.15) is 0 Å². The summed E-state index contributed by atoms with van der Waals surface area (Å²) < 4.78 is 5.80. The first kappa shape index (κ1) is 29.4. The molecular formula is C33H37Cl2N3O3. The van der Waals surface area contributed by atoms with Crippen molar-refractivity contribution < 1.29 is 14.3 Å². The highest BCUT2D eigenvalue weighted by Gasteiger charge is 2.42. The Morgan fingerprint density at radius 2 is 1.61 bits per heavy atom. The number of benzene rings is 3. The van der Waals surface area contributed by atoms with E-state index < -0.39 is 0 Å². The van der Waals surface area contributed by atoms with Crippen molar-refractivity contribution in [3.63, 3.8) is 0 Å². The first-order chi connectivity index (χ1) is 19.9. The Balaban J connectivity index is 1.18. The molecule has 2 aliphatic heterocycles. The first-order valence-electron chi connectivity index (χ1n) is 14.4. The third-order valence-electron chi connectivity index (χ3n) is 8.26. The molecule has 6 nitrogen and oxygen atoms in total. The van der Waals surface area contributed by atoms with Crippen LogP contribution in [0, 0.1) is 0 Å². The van der Waals surface area contributed by atoms with E-state index in [0.29, 0.717) is 36.2 Å². The number of rotatable bonds is 10. The number of piperidine rings is 1. The summed E-state index contributed by atoms with van der Waals surface area (Å²) in [5.74, 6) is 0.0881. The molecule has 1 atom stereocenters. The zero-order valence-electron chi connectivity index (χ0n) is 23.2. The number of ether oxygens (including phenoxy) is 1. The van der Waals surface area contributed by atoms with Gasteiger partial charge in [0.15, 0.2) is 0 Å². The molecule has 2 saturated heterocycles. The number of hydrogen-bond donors (Lipinski definition) is 1. The molecule has 0 radical (unpaired) electrons. The van der Waals surface area contributed by atoms with Crippen LogP contribution in [0.3, 0.4) is 0 Å². The van der Waals surface area contributed by atoms with Gasteiger partial charge >= 0.3 is 6.09 Å². The summed E-state index contributed by atoms with van der Waals surface area (Å²) in [5.41, 5.74) is 2.75. The average Bonchev–Trinajstić information content (AvgIpc) is 2.98. The number of nitrogens with one attached hydrogen (secondary N) is 1. The monoisotopic (exact) mass is 593 g/mol. The van der Waals surface area contributed by atoms with E-state index in [1.165, 1.54) is 0 Å². The zero-order valence-corrected chi connectivity index (χ0v) is 24.7. The maximum absolute atomic E-state index is 12.8. The Kier molecular flexibility index (Phi) is 9.86. The molecule has 0 saturated carbocycles. The molecule has 0 aromatic heterocycles. The largest absolute Gasteiger partial charge is 0.448 e. The van der Waals surface area contributed by atoms with Gasteiger partial charge in [0, 0.05) is 37.6 Å². The molecule has 0 spiro atoms. The lowest BCUT2D eigenvalue weighted by molar-refractivity contribution is -0.121. The SMILES string of the molecule is O=C(Cc1ccccc1)NC1CCN(CCCC2(c3ccc(Cl)c(Cl)c3)COC(=O)N(Cc3ccccc3)C2)CC1. The third kappa shape index (κ3) is 7.82. The number of amides is 2. The van der Waals surface area contributed by atoms with Crippen LogP contribution in [-0.4, -0.2) is 60.6 Å². The van der Waals surface area contributed by atoms with Crippen molar-refractivity contribution in [2.75, 3.05) is 32.8 Å². The summed E-state index contributed by atoms with van der Waals surface area (Å²) in [4.78, 5) is 29.6. The number of carbonyl (C=O) groups excluding carboxylic acids is 2. The number of carbonyl (C=O) groups is 2. The van der Waals surface area contributed by atoms with Gasteiger partial charge in [-0.3, -0.25) is 4.79 Å². The van der Waals surface area contributed by atoms with Crippen LogP contribution < -0.4 is 5.32 Å². The first-order valence-corrected chi connectivity index (χ1v) is 15.1. The number of hydrogen-bond acceptors (Lipinski definition) is 4. The van der Waals surface area contributed by atoms with Crippen molar-refractivity contribution in [1.29, 1.82) is 0 Å². The van der Waals surface area contributed by atoms with Crippen LogP contribution in [0.25, 0.3) is 0 Å². The number of nitrogens with zero attached hydrogens (tertiary/aromatic N) is 2. The molecule has 3 aromatic rings. The van der Waals surface area contributed by atoms with E-state index in [0.717, 1.165) is 62.0 Å². The molecule has 8 heteroatoms. The molecule has 2 aliphatic rings. The van der Waals surface area contributed by atoms with Crippen LogP contribution in [0.1, 0.15) is 42.4 Å². The average molecular weight is 595 g/mol. The highest BCUT2D eigenvalue weighted by Crippen LogP contribution is 2.38. The third-order valence-corrected chi connectivity index (χ3v) is 9.00. The second kappa shape index (κ2) is 13.7. The van der Waals surface area contributed by atoms with Crippen molar-refractivity contribution in [3.05, 3.63) is 106 Å². The van der Waals surface area contributed by atoms with Gasteiger partial charge in [0.2, 0.25) is 5.91 Å². The maximum Gasteiger partial charge on any atom is 0.410 e. The van der Waals surface area contributed by atoms with Gasteiger partial charge in [0.25, 0.3) is 0 Å². The summed E-state index contributed by atoms with van der Waals surface area (Å²) in [5, 5.41) is 4.24. The smallest absolute Gasteiger partial charge is 0.410 e. The van der Waals surface area contributed by atoms with Crippen molar-refractivity contribution in [1.82, 2.24) is 15.1 Å². The molecule has 1 unspecified atom stereocenters. The molecule has 2 fully saturated rings. The lowest BCUT2D eigenvalue weighted by Crippen LogP contribution is -2.52. The Bertz CT molecular complexity index is 1320. The van der Waals surface area contributed by atoms with Gasteiger partial charge < -0.3 is 19.9 Å². The Morgan fingerprint density at radius 3 is 2.29 bits per heavy atom. The fourth-order valence-electron chi connectivity index (χ4n) is 5.99. The minimum Gasteiger partial charge on any atom is -0.448 e. The van der Waals surface area contributed by atoms with E-state index in [1.807, 2.05) is 78.9 Å². The normalized spacial score (nSPS) is 20.0. The van der Waals surface area contributed by atoms with Crippen molar-refractivity contribution in [2.24, 2.45) is 0 Å². The van der Waals surface area contributed by atoms with Crippen LogP contribution in [0.5, 0.6) is 0 Å². The van der Waals surface area contributed by atoms with E-state index in [-0.39, 0.29) is 23.5 Å². The Morgan fingerprint density at radius 1 is 0.927 bits per heavy atom. The van der Waals surface area contributed by atoms with E-state index in [1.54, 1.807) is 4.90 Å². The van der Waals surface area contributed by atoms with Crippen molar-refractivity contribution in [2.45, 2.75) is 50.1 Å². The van der Waals surface area contributed by atoms with Gasteiger partial charge in [-0.05, 0) is 61.1 Å². The molecule has 216 valence electrons. The summed E-state index contributed by atoms with van der Waals surface area (Å²) in [6.45, 7) is 4.20. The molecule has 2 heterocycles. The second-order valence-electron chi connectivity index (χ2n) is 11.3. The van der Waals surface area contributed by atoms with Crippen LogP contribution >= 0.6 is 23.2 Å². The molecule has 0 aliphatic carbocycles. The van der Waals surface area contributed by atoms with Gasteiger partial charge in [0.05, 0.1) is 16.5 Å².